The van der Waals surface area contributed by atoms with E-state index in [1.165, 1.54) is 0 Å². The van der Waals surface area contributed by atoms with Crippen molar-refractivity contribution >= 4 is 11.8 Å². The lowest BCUT2D eigenvalue weighted by atomic mass is 10.2. The second-order valence-corrected chi connectivity index (χ2v) is 4.67. The topological polar surface area (TPSA) is 71.5 Å². The van der Waals surface area contributed by atoms with Gasteiger partial charge in [-0.05, 0) is 38.3 Å². The molecule has 2 unspecified atom stereocenters. The van der Waals surface area contributed by atoms with Crippen molar-refractivity contribution in [3.8, 4) is 0 Å². The Hall–Kier alpha value is -1.62. The minimum Gasteiger partial charge on any atom is -0.478 e. The van der Waals surface area contributed by atoms with Gasteiger partial charge >= 0.3 is 5.97 Å². The Morgan fingerprint density at radius 3 is 2.89 bits per heavy atom. The molecule has 1 heterocycles. The summed E-state index contributed by atoms with van der Waals surface area (Å²) in [5.74, 6) is -0.490. The summed E-state index contributed by atoms with van der Waals surface area (Å²) in [6.45, 7) is 1.85. The first-order valence-electron chi connectivity index (χ1n) is 6.10. The van der Waals surface area contributed by atoms with Crippen molar-refractivity contribution in [3.05, 3.63) is 23.4 Å². The molecule has 0 bridgehead atoms. The van der Waals surface area contributed by atoms with Gasteiger partial charge in [-0.1, -0.05) is 0 Å². The van der Waals surface area contributed by atoms with Gasteiger partial charge in [-0.2, -0.15) is 0 Å². The summed E-state index contributed by atoms with van der Waals surface area (Å²) in [4.78, 5) is 15.4. The van der Waals surface area contributed by atoms with Gasteiger partial charge in [-0.25, -0.2) is 9.78 Å². The molecule has 1 fully saturated rings. The maximum Gasteiger partial charge on any atom is 0.339 e. The fraction of sp³-hybridized carbons (Fsp3) is 0.538. The highest BCUT2D eigenvalue weighted by Gasteiger charge is 2.25. The molecule has 0 radical (unpaired) electrons. The van der Waals surface area contributed by atoms with Crippen molar-refractivity contribution in [2.24, 2.45) is 0 Å². The molecule has 0 aliphatic heterocycles. The van der Waals surface area contributed by atoms with E-state index in [0.717, 1.165) is 25.0 Å². The number of hydrogen-bond donors (Lipinski definition) is 2. The number of methoxy groups -OCH3 is 1. The molecule has 1 aromatic rings. The quantitative estimate of drug-likeness (QED) is 0.856. The predicted molar refractivity (Wildman–Crippen MR) is 68.0 cm³/mol. The molecule has 0 spiro atoms. The van der Waals surface area contributed by atoms with Crippen LogP contribution in [0.1, 0.15) is 35.3 Å². The lowest BCUT2D eigenvalue weighted by Gasteiger charge is -2.15. The van der Waals surface area contributed by atoms with Gasteiger partial charge in [0.2, 0.25) is 0 Å². The van der Waals surface area contributed by atoms with Crippen molar-refractivity contribution < 1.29 is 14.6 Å². The van der Waals surface area contributed by atoms with E-state index >= 15 is 0 Å². The number of pyridine rings is 1. The number of carboxylic acid groups (broad SMARTS) is 1. The molecule has 2 atom stereocenters. The average Bonchev–Trinajstić information content (AvgIpc) is 2.76. The van der Waals surface area contributed by atoms with Crippen LogP contribution >= 0.6 is 0 Å². The summed E-state index contributed by atoms with van der Waals surface area (Å²) in [6, 6.07) is 3.54. The first kappa shape index (κ1) is 12.8. The lowest BCUT2D eigenvalue weighted by Crippen LogP contribution is -2.20. The Morgan fingerprint density at radius 1 is 1.50 bits per heavy atom. The molecule has 2 rings (SSSR count). The number of nitrogens with zero attached hydrogens (tertiary/aromatic N) is 1. The van der Waals surface area contributed by atoms with E-state index in [-0.39, 0.29) is 17.7 Å². The molecule has 1 aliphatic carbocycles. The smallest absolute Gasteiger partial charge is 0.339 e. The van der Waals surface area contributed by atoms with Gasteiger partial charge < -0.3 is 15.2 Å². The van der Waals surface area contributed by atoms with Gasteiger partial charge in [0, 0.05) is 18.8 Å². The number of nitrogens with one attached hydrogen (secondary N) is 1. The number of carboxylic acids is 1. The molecule has 0 saturated heterocycles. The minimum atomic E-state index is -0.953. The molecule has 5 heteroatoms. The Morgan fingerprint density at radius 2 is 2.28 bits per heavy atom. The monoisotopic (exact) mass is 250 g/mol. The number of anilines is 1. The molecule has 1 aromatic heterocycles. The third-order valence-electron chi connectivity index (χ3n) is 3.32. The van der Waals surface area contributed by atoms with Crippen molar-refractivity contribution in [2.45, 2.75) is 38.3 Å². The van der Waals surface area contributed by atoms with E-state index in [1.807, 2.05) is 6.92 Å². The molecule has 1 saturated carbocycles. The first-order valence-corrected chi connectivity index (χ1v) is 6.10. The fourth-order valence-corrected chi connectivity index (χ4v) is 2.32. The number of carbonyl (C=O) groups is 1. The average molecular weight is 250 g/mol. The highest BCUT2D eigenvalue weighted by atomic mass is 16.5. The second-order valence-electron chi connectivity index (χ2n) is 4.67. The number of hydrogen-bond acceptors (Lipinski definition) is 4. The van der Waals surface area contributed by atoms with Crippen molar-refractivity contribution in [3.63, 3.8) is 0 Å². The van der Waals surface area contributed by atoms with Gasteiger partial charge in [-0.3, -0.25) is 0 Å². The standard InChI is InChI=1S/C13H18N2O3/c1-8-3-6-11(13(16)17)12(14-8)15-9-4-5-10(7-9)18-2/h3,6,9-10H,4-5,7H2,1-2H3,(H,14,15)(H,16,17). The van der Waals surface area contributed by atoms with Crippen LogP contribution in [0, 0.1) is 6.92 Å². The number of aryl methyl sites for hydroxylation is 1. The van der Waals surface area contributed by atoms with Crippen LogP contribution in [0.5, 0.6) is 0 Å². The first-order chi connectivity index (χ1) is 8.60. The summed E-state index contributed by atoms with van der Waals surface area (Å²) in [5, 5.41) is 12.3. The van der Waals surface area contributed by atoms with Crippen LogP contribution in [0.3, 0.4) is 0 Å². The Kier molecular flexibility index (Phi) is 3.81. The van der Waals surface area contributed by atoms with Crippen LogP contribution < -0.4 is 5.32 Å². The Labute approximate surface area is 106 Å². The number of rotatable bonds is 4. The van der Waals surface area contributed by atoms with E-state index in [2.05, 4.69) is 10.3 Å². The number of aromatic nitrogens is 1. The summed E-state index contributed by atoms with van der Waals surface area (Å²) >= 11 is 0. The van der Waals surface area contributed by atoms with E-state index in [4.69, 9.17) is 9.84 Å². The largest absolute Gasteiger partial charge is 0.478 e. The van der Waals surface area contributed by atoms with Crippen molar-refractivity contribution in [1.82, 2.24) is 4.98 Å². The lowest BCUT2D eigenvalue weighted by molar-refractivity contribution is 0.0697. The Bertz CT molecular complexity index is 448. The fourth-order valence-electron chi connectivity index (χ4n) is 2.32. The number of aromatic carboxylic acids is 1. The third-order valence-corrected chi connectivity index (χ3v) is 3.32. The molecule has 0 aromatic carbocycles. The highest BCUT2D eigenvalue weighted by molar-refractivity contribution is 5.93. The summed E-state index contributed by atoms with van der Waals surface area (Å²) in [7, 11) is 1.71. The van der Waals surface area contributed by atoms with Crippen LogP contribution in [0.25, 0.3) is 0 Å². The zero-order valence-corrected chi connectivity index (χ0v) is 10.6. The molecule has 2 N–H and O–H groups in total. The molecular weight excluding hydrogens is 232 g/mol. The van der Waals surface area contributed by atoms with E-state index in [1.54, 1.807) is 19.2 Å². The zero-order valence-electron chi connectivity index (χ0n) is 10.6. The molecule has 5 nitrogen and oxygen atoms in total. The van der Waals surface area contributed by atoms with Gasteiger partial charge in [0.25, 0.3) is 0 Å². The van der Waals surface area contributed by atoms with Crippen LogP contribution in [-0.4, -0.2) is 35.3 Å². The Balaban J connectivity index is 2.13. The number of ether oxygens (including phenoxy) is 1. The summed E-state index contributed by atoms with van der Waals surface area (Å²) in [5.41, 5.74) is 1.03. The molecule has 18 heavy (non-hydrogen) atoms. The summed E-state index contributed by atoms with van der Waals surface area (Å²) in [6.07, 6.45) is 3.14. The van der Waals surface area contributed by atoms with Crippen LogP contribution in [0.4, 0.5) is 5.82 Å². The van der Waals surface area contributed by atoms with Crippen molar-refractivity contribution in [2.75, 3.05) is 12.4 Å². The van der Waals surface area contributed by atoms with Crippen molar-refractivity contribution in [1.29, 1.82) is 0 Å². The van der Waals surface area contributed by atoms with Gasteiger partial charge in [0.1, 0.15) is 11.4 Å². The normalized spacial score (nSPS) is 23.0. The van der Waals surface area contributed by atoms with E-state index < -0.39 is 5.97 Å². The van der Waals surface area contributed by atoms with Crippen LogP contribution in [0.2, 0.25) is 0 Å². The molecular formula is C13H18N2O3. The molecule has 98 valence electrons. The predicted octanol–water partition coefficient (Wildman–Crippen LogP) is 2.07. The second kappa shape index (κ2) is 5.35. The summed E-state index contributed by atoms with van der Waals surface area (Å²) < 4.78 is 5.30. The van der Waals surface area contributed by atoms with Gasteiger partial charge in [0.15, 0.2) is 0 Å². The molecule has 1 aliphatic rings. The van der Waals surface area contributed by atoms with Gasteiger partial charge in [0.05, 0.1) is 6.10 Å². The maximum absolute atomic E-state index is 11.1. The van der Waals surface area contributed by atoms with Crippen LogP contribution in [-0.2, 0) is 4.74 Å². The van der Waals surface area contributed by atoms with E-state index in [9.17, 15) is 4.79 Å². The van der Waals surface area contributed by atoms with Gasteiger partial charge in [-0.15, -0.1) is 0 Å². The minimum absolute atomic E-state index is 0.224. The zero-order chi connectivity index (χ0) is 13.1. The van der Waals surface area contributed by atoms with E-state index in [0.29, 0.717) is 5.82 Å². The molecule has 0 amide bonds. The van der Waals surface area contributed by atoms with Crippen LogP contribution in [0.15, 0.2) is 12.1 Å². The maximum atomic E-state index is 11.1. The SMILES string of the molecule is COC1CCC(Nc2nc(C)ccc2C(=O)O)C1. The highest BCUT2D eigenvalue weighted by Crippen LogP contribution is 2.25. The third kappa shape index (κ3) is 2.79.